The molecule has 0 aliphatic carbocycles. The van der Waals surface area contributed by atoms with Crippen LogP contribution in [0.4, 0.5) is 8.78 Å². The van der Waals surface area contributed by atoms with E-state index in [1.54, 1.807) is 7.05 Å². The summed E-state index contributed by atoms with van der Waals surface area (Å²) in [7, 11) is 1.80. The van der Waals surface area contributed by atoms with Crippen LogP contribution in [-0.2, 0) is 6.42 Å². The highest BCUT2D eigenvalue weighted by molar-refractivity contribution is 5.20. The molecule has 0 saturated heterocycles. The van der Waals surface area contributed by atoms with Gasteiger partial charge in [0, 0.05) is 11.6 Å². The molecule has 88 valence electrons. The average Bonchev–Trinajstić information content (AvgIpc) is 2.28. The van der Waals surface area contributed by atoms with E-state index in [0.29, 0.717) is 6.42 Å². The van der Waals surface area contributed by atoms with Gasteiger partial charge in [0.1, 0.15) is 11.6 Å². The zero-order valence-corrected chi connectivity index (χ0v) is 9.47. The van der Waals surface area contributed by atoms with Gasteiger partial charge in [-0.15, -0.1) is 6.58 Å². The molecule has 0 aliphatic heterocycles. The molecule has 1 aromatic carbocycles. The molecule has 0 bridgehead atoms. The van der Waals surface area contributed by atoms with Gasteiger partial charge in [-0.2, -0.15) is 0 Å². The minimum absolute atomic E-state index is 0.0735. The van der Waals surface area contributed by atoms with Gasteiger partial charge >= 0.3 is 0 Å². The van der Waals surface area contributed by atoms with E-state index in [1.165, 1.54) is 18.2 Å². The number of allylic oxidation sites excluding steroid dienone is 1. The topological polar surface area (TPSA) is 12.0 Å². The summed E-state index contributed by atoms with van der Waals surface area (Å²) < 4.78 is 26.8. The zero-order valence-electron chi connectivity index (χ0n) is 9.47. The Morgan fingerprint density at radius 1 is 1.38 bits per heavy atom. The number of hydrogen-bond donors (Lipinski definition) is 1. The van der Waals surface area contributed by atoms with Crippen molar-refractivity contribution < 1.29 is 8.78 Å². The molecule has 1 atom stereocenters. The molecule has 1 unspecified atom stereocenters. The lowest BCUT2D eigenvalue weighted by Gasteiger charge is -2.16. The first-order valence-electron chi connectivity index (χ1n) is 5.40. The molecule has 16 heavy (non-hydrogen) atoms. The highest BCUT2D eigenvalue weighted by Crippen LogP contribution is 2.15. The minimum Gasteiger partial charge on any atom is -0.317 e. The molecule has 1 aromatic rings. The fraction of sp³-hybridized carbons (Fsp3) is 0.385. The van der Waals surface area contributed by atoms with Gasteiger partial charge in [0.05, 0.1) is 0 Å². The van der Waals surface area contributed by atoms with Crippen molar-refractivity contribution in [1.29, 1.82) is 0 Å². The lowest BCUT2D eigenvalue weighted by Crippen LogP contribution is -2.28. The standard InChI is InChI=1S/C13H17F2N/c1-3-4-6-10(16-2)9-11-12(14)7-5-8-13(11)15/h3,5,7-8,10,16H,1,4,6,9H2,2H3. The predicted molar refractivity (Wildman–Crippen MR) is 62.3 cm³/mol. The van der Waals surface area contributed by atoms with Crippen molar-refractivity contribution in [2.45, 2.75) is 25.3 Å². The summed E-state index contributed by atoms with van der Waals surface area (Å²) in [5.74, 6) is -0.947. The maximum absolute atomic E-state index is 13.4. The molecular formula is C13H17F2N. The van der Waals surface area contributed by atoms with Gasteiger partial charge in [0.15, 0.2) is 0 Å². The molecule has 3 heteroatoms. The number of likely N-dealkylation sites (N-methyl/N-ethyl adjacent to an activating group) is 1. The van der Waals surface area contributed by atoms with Crippen molar-refractivity contribution >= 4 is 0 Å². The summed E-state index contributed by atoms with van der Waals surface area (Å²) in [6, 6.07) is 4.04. The first kappa shape index (κ1) is 12.8. The normalized spacial score (nSPS) is 12.4. The van der Waals surface area contributed by atoms with Crippen LogP contribution in [0.5, 0.6) is 0 Å². The van der Waals surface area contributed by atoms with Crippen LogP contribution < -0.4 is 5.32 Å². The largest absolute Gasteiger partial charge is 0.317 e. The van der Waals surface area contributed by atoms with E-state index in [0.717, 1.165) is 12.8 Å². The van der Waals surface area contributed by atoms with E-state index in [1.807, 2.05) is 6.08 Å². The maximum Gasteiger partial charge on any atom is 0.129 e. The summed E-state index contributed by atoms with van der Waals surface area (Å²) in [5.41, 5.74) is 0.158. The summed E-state index contributed by atoms with van der Waals surface area (Å²) in [6.07, 6.45) is 3.83. The Morgan fingerprint density at radius 2 is 2.00 bits per heavy atom. The molecule has 0 amide bonds. The van der Waals surface area contributed by atoms with E-state index >= 15 is 0 Å². The quantitative estimate of drug-likeness (QED) is 0.734. The molecule has 0 aromatic heterocycles. The second-order valence-electron chi connectivity index (χ2n) is 3.76. The Balaban J connectivity index is 2.73. The van der Waals surface area contributed by atoms with Crippen LogP contribution in [0.15, 0.2) is 30.9 Å². The van der Waals surface area contributed by atoms with E-state index in [-0.39, 0.29) is 11.6 Å². The Bertz CT molecular complexity index is 330. The van der Waals surface area contributed by atoms with Crippen LogP contribution in [0.2, 0.25) is 0 Å². The van der Waals surface area contributed by atoms with Gasteiger partial charge in [0.2, 0.25) is 0 Å². The molecule has 0 radical (unpaired) electrons. The zero-order chi connectivity index (χ0) is 12.0. The molecule has 1 N–H and O–H groups in total. The molecule has 0 spiro atoms. The van der Waals surface area contributed by atoms with Crippen LogP contribution >= 0.6 is 0 Å². The predicted octanol–water partition coefficient (Wildman–Crippen LogP) is 3.06. The van der Waals surface area contributed by atoms with Crippen molar-refractivity contribution in [2.75, 3.05) is 7.05 Å². The lowest BCUT2D eigenvalue weighted by molar-refractivity contribution is 0.485. The van der Waals surface area contributed by atoms with Gasteiger partial charge in [-0.05, 0) is 38.4 Å². The van der Waals surface area contributed by atoms with Crippen LogP contribution in [0.3, 0.4) is 0 Å². The summed E-state index contributed by atoms with van der Waals surface area (Å²) in [4.78, 5) is 0. The third-order valence-electron chi connectivity index (χ3n) is 2.64. The van der Waals surface area contributed by atoms with E-state index in [9.17, 15) is 8.78 Å². The smallest absolute Gasteiger partial charge is 0.129 e. The number of benzene rings is 1. The van der Waals surface area contributed by atoms with Gasteiger partial charge in [0.25, 0.3) is 0 Å². The van der Waals surface area contributed by atoms with Crippen molar-refractivity contribution in [3.8, 4) is 0 Å². The lowest BCUT2D eigenvalue weighted by atomic mass is 10.0. The van der Waals surface area contributed by atoms with Crippen molar-refractivity contribution in [3.63, 3.8) is 0 Å². The third-order valence-corrected chi connectivity index (χ3v) is 2.64. The van der Waals surface area contributed by atoms with Crippen LogP contribution in [0, 0.1) is 11.6 Å². The summed E-state index contributed by atoms with van der Waals surface area (Å²) in [5, 5.41) is 3.06. The highest BCUT2D eigenvalue weighted by atomic mass is 19.1. The van der Waals surface area contributed by atoms with E-state index < -0.39 is 11.6 Å². The molecule has 0 heterocycles. The van der Waals surface area contributed by atoms with Gasteiger partial charge in [-0.1, -0.05) is 12.1 Å². The Kier molecular flexibility index (Phi) is 5.12. The molecule has 0 aliphatic rings. The minimum atomic E-state index is -0.473. The van der Waals surface area contributed by atoms with E-state index in [2.05, 4.69) is 11.9 Å². The van der Waals surface area contributed by atoms with Gasteiger partial charge < -0.3 is 5.32 Å². The fourth-order valence-electron chi connectivity index (χ4n) is 1.64. The third kappa shape index (κ3) is 3.42. The highest BCUT2D eigenvalue weighted by Gasteiger charge is 2.13. The van der Waals surface area contributed by atoms with Crippen LogP contribution in [0.25, 0.3) is 0 Å². The second kappa shape index (κ2) is 6.38. The van der Waals surface area contributed by atoms with Crippen molar-refractivity contribution in [1.82, 2.24) is 5.32 Å². The molecular weight excluding hydrogens is 208 g/mol. The van der Waals surface area contributed by atoms with E-state index in [4.69, 9.17) is 0 Å². The Hall–Kier alpha value is -1.22. The van der Waals surface area contributed by atoms with Crippen LogP contribution in [0.1, 0.15) is 18.4 Å². The van der Waals surface area contributed by atoms with Gasteiger partial charge in [-0.3, -0.25) is 0 Å². The number of halogens is 2. The first-order valence-corrected chi connectivity index (χ1v) is 5.40. The number of nitrogens with one attached hydrogen (secondary N) is 1. The first-order chi connectivity index (χ1) is 7.69. The summed E-state index contributed by atoms with van der Waals surface area (Å²) in [6.45, 7) is 3.63. The second-order valence-corrected chi connectivity index (χ2v) is 3.76. The average molecular weight is 225 g/mol. The fourth-order valence-corrected chi connectivity index (χ4v) is 1.64. The Morgan fingerprint density at radius 3 is 2.50 bits per heavy atom. The Labute approximate surface area is 95.2 Å². The number of hydrogen-bond acceptors (Lipinski definition) is 1. The van der Waals surface area contributed by atoms with Crippen molar-refractivity contribution in [3.05, 3.63) is 48.1 Å². The molecule has 1 nitrogen and oxygen atoms in total. The van der Waals surface area contributed by atoms with Crippen LogP contribution in [-0.4, -0.2) is 13.1 Å². The number of rotatable bonds is 6. The maximum atomic E-state index is 13.4. The SMILES string of the molecule is C=CCCC(Cc1c(F)cccc1F)NC. The van der Waals surface area contributed by atoms with Crippen molar-refractivity contribution in [2.24, 2.45) is 0 Å². The summed E-state index contributed by atoms with van der Waals surface area (Å²) >= 11 is 0. The molecule has 0 saturated carbocycles. The molecule has 0 fully saturated rings. The molecule has 1 rings (SSSR count). The van der Waals surface area contributed by atoms with Gasteiger partial charge in [-0.25, -0.2) is 8.78 Å². The monoisotopic (exact) mass is 225 g/mol.